The van der Waals surface area contributed by atoms with Gasteiger partial charge < -0.3 is 19.7 Å². The molecule has 0 saturated heterocycles. The van der Waals surface area contributed by atoms with Crippen LogP contribution in [0.3, 0.4) is 0 Å². The number of carbonyl (C=O) groups excluding carboxylic acids is 4. The number of esters is 2. The Bertz CT molecular complexity index is 2680. The highest BCUT2D eigenvalue weighted by Crippen LogP contribution is 2.47. The molecule has 8 nitrogen and oxygen atoms in total. The van der Waals surface area contributed by atoms with E-state index in [1.165, 1.54) is 12.1 Å². The molecular weight excluding hydrogens is 832 g/mol. The summed E-state index contributed by atoms with van der Waals surface area (Å²) in [4.78, 5) is 53.1. The van der Waals surface area contributed by atoms with E-state index in [2.05, 4.69) is 0 Å². The highest BCUT2D eigenvalue weighted by molar-refractivity contribution is 7.97. The summed E-state index contributed by atoms with van der Waals surface area (Å²) >= 11 is 0. The highest BCUT2D eigenvalue weighted by atomic mass is 31.2. The van der Waals surface area contributed by atoms with E-state index in [-0.39, 0.29) is 29.9 Å². The minimum Gasteiger partial charge on any atom is -0.457 e. The van der Waals surface area contributed by atoms with Gasteiger partial charge in [0.1, 0.15) is 18.5 Å². The smallest absolute Gasteiger partial charge is 0.375 e. The van der Waals surface area contributed by atoms with Crippen molar-refractivity contribution in [3.8, 4) is 0 Å². The Labute approximate surface area is 379 Å². The number of aliphatic hydroxyl groups is 2. The minimum absolute atomic E-state index is 0.00455. The molecule has 0 fully saturated rings. The van der Waals surface area contributed by atoms with Gasteiger partial charge in [0.2, 0.25) is 11.6 Å². The molecule has 7 aromatic rings. The molecule has 7 aromatic carbocycles. The molecule has 2 N–H and O–H groups in total. The Morgan fingerprint density at radius 2 is 0.831 bits per heavy atom. The number of carbonyl (C=O) groups is 4. The molecular formula is C56H49O8P. The predicted molar refractivity (Wildman–Crippen MR) is 261 cm³/mol. The number of benzene rings is 7. The van der Waals surface area contributed by atoms with Crippen molar-refractivity contribution in [2.45, 2.75) is 32.8 Å². The summed E-state index contributed by atoms with van der Waals surface area (Å²) in [6.07, 6.45) is 7.59. The maximum atomic E-state index is 14.7. The Hall–Kier alpha value is -7.48. The van der Waals surface area contributed by atoms with Gasteiger partial charge in [-0.2, -0.15) is 0 Å². The van der Waals surface area contributed by atoms with Gasteiger partial charge in [-0.3, -0.25) is 9.59 Å². The summed E-state index contributed by atoms with van der Waals surface area (Å²) in [6.45, 7) is 0.705. The standard InChI is InChI=1S/C37H31O3P.C19H18O5/c1-2-15-29-24-26-31(27-25-29)35(38)36(37(39)40-28-30-16-7-3-8-17-30)41(32-18-9-4-10-19-32,33-20-11-5-12-21-33)34-22-13-6-14-23-34;1-2-6-14-9-11-16(12-10-14)17(20)19(22,23)18(21)24-13-15-7-4-3-5-8-15/h2-27H,28H2,1H3;2-12,22-23H,13H2,1H3/b15-2+;6-2+. The number of Topliss-reactive ketones (excluding diaryl/α,β-unsaturated/α-hetero) is 2. The van der Waals surface area contributed by atoms with Crippen molar-refractivity contribution in [3.05, 3.63) is 246 Å². The highest BCUT2D eigenvalue weighted by Gasteiger charge is 2.44. The van der Waals surface area contributed by atoms with Gasteiger partial charge in [-0.05, 0) is 58.9 Å². The molecule has 0 spiro atoms. The summed E-state index contributed by atoms with van der Waals surface area (Å²) < 4.78 is 10.8. The number of allylic oxidation sites excluding steroid dienone is 2. The molecule has 0 saturated carbocycles. The van der Waals surface area contributed by atoms with Crippen LogP contribution >= 0.6 is 6.89 Å². The second kappa shape index (κ2) is 22.7. The summed E-state index contributed by atoms with van der Waals surface area (Å²) in [7, 11) is 0. The quantitative estimate of drug-likeness (QED) is 0.0344. The number of ketones is 2. The van der Waals surface area contributed by atoms with Crippen molar-refractivity contribution in [3.63, 3.8) is 0 Å². The first-order chi connectivity index (χ1) is 31.6. The van der Waals surface area contributed by atoms with Crippen molar-refractivity contribution in [1.82, 2.24) is 0 Å². The molecule has 0 amide bonds. The van der Waals surface area contributed by atoms with Gasteiger partial charge in [-0.15, -0.1) is 0 Å². The average Bonchev–Trinajstić information content (AvgIpc) is 3.36. The van der Waals surface area contributed by atoms with Crippen LogP contribution < -0.4 is 15.9 Å². The first-order valence-corrected chi connectivity index (χ1v) is 22.7. The molecule has 9 heteroatoms. The molecule has 0 bridgehead atoms. The van der Waals surface area contributed by atoms with E-state index < -0.39 is 30.4 Å². The second-order valence-electron chi connectivity index (χ2n) is 14.7. The summed E-state index contributed by atoms with van der Waals surface area (Å²) in [5, 5.41) is 22.6. The fourth-order valence-electron chi connectivity index (χ4n) is 7.09. The maximum absolute atomic E-state index is 14.7. The van der Waals surface area contributed by atoms with Crippen LogP contribution in [0.2, 0.25) is 0 Å². The van der Waals surface area contributed by atoms with Gasteiger partial charge in [-0.1, -0.05) is 224 Å². The molecule has 0 aliphatic heterocycles. The fourth-order valence-corrected chi connectivity index (χ4v) is 11.4. The lowest BCUT2D eigenvalue weighted by atomic mass is 10.0. The third-order valence-corrected chi connectivity index (χ3v) is 14.5. The van der Waals surface area contributed by atoms with Gasteiger partial charge in [0.25, 0.3) is 0 Å². The van der Waals surface area contributed by atoms with Crippen molar-refractivity contribution in [2.24, 2.45) is 0 Å². The van der Waals surface area contributed by atoms with Gasteiger partial charge >= 0.3 is 17.7 Å². The van der Waals surface area contributed by atoms with Gasteiger partial charge in [-0.25, -0.2) is 9.59 Å². The molecule has 0 unspecified atom stereocenters. The van der Waals surface area contributed by atoms with Crippen molar-refractivity contribution in [2.75, 3.05) is 0 Å². The molecule has 0 radical (unpaired) electrons. The number of ether oxygens (including phenoxy) is 2. The molecule has 0 atom stereocenters. The zero-order chi connectivity index (χ0) is 46.1. The minimum atomic E-state index is -3.23. The van der Waals surface area contributed by atoms with Crippen LogP contribution in [0, 0.1) is 0 Å². The van der Waals surface area contributed by atoms with Crippen LogP contribution in [0.5, 0.6) is 0 Å². The normalized spacial score (nSPS) is 11.3. The summed E-state index contributed by atoms with van der Waals surface area (Å²) in [5.41, 5.74) is 3.80. The predicted octanol–water partition coefficient (Wildman–Crippen LogP) is 9.14. The van der Waals surface area contributed by atoms with E-state index in [0.717, 1.165) is 32.6 Å². The first kappa shape index (κ1) is 47.0. The van der Waals surface area contributed by atoms with Crippen LogP contribution in [-0.2, 0) is 32.3 Å². The SMILES string of the molecule is C/C=C/c1ccc(C(=O)C(C(=O)OCc2ccccc2)=P(c2ccccc2)(c2ccccc2)c2ccccc2)cc1.C/C=C/c1ccc(C(=O)C(O)(O)C(=O)OCc2ccccc2)cc1. The Balaban J connectivity index is 0.000000248. The Morgan fingerprint density at radius 3 is 1.22 bits per heavy atom. The van der Waals surface area contributed by atoms with E-state index >= 15 is 0 Å². The van der Waals surface area contributed by atoms with E-state index in [1.54, 1.807) is 54.6 Å². The van der Waals surface area contributed by atoms with Crippen molar-refractivity contribution in [1.29, 1.82) is 0 Å². The van der Waals surface area contributed by atoms with Crippen LogP contribution in [0.25, 0.3) is 12.2 Å². The molecule has 0 aliphatic carbocycles. The number of rotatable bonds is 15. The van der Waals surface area contributed by atoms with Crippen molar-refractivity contribution >= 4 is 63.8 Å². The number of hydrogen-bond acceptors (Lipinski definition) is 8. The van der Waals surface area contributed by atoms with E-state index in [0.29, 0.717) is 11.1 Å². The average molecular weight is 881 g/mol. The van der Waals surface area contributed by atoms with Crippen LogP contribution in [-0.4, -0.2) is 44.8 Å². The largest absolute Gasteiger partial charge is 0.457 e. The van der Waals surface area contributed by atoms with Gasteiger partial charge in [0.15, 0.2) is 0 Å². The topological polar surface area (TPSA) is 127 Å². The molecule has 0 aliphatic rings. The second-order valence-corrected chi connectivity index (χ2v) is 18.1. The summed E-state index contributed by atoms with van der Waals surface area (Å²) in [5.74, 6) is -6.71. The summed E-state index contributed by atoms with van der Waals surface area (Å²) in [6, 6.07) is 61.4. The van der Waals surface area contributed by atoms with E-state index in [9.17, 15) is 29.4 Å². The molecule has 0 heterocycles. The van der Waals surface area contributed by atoms with Gasteiger partial charge in [0, 0.05) is 11.1 Å². The molecule has 65 heavy (non-hydrogen) atoms. The lowest BCUT2D eigenvalue weighted by Crippen LogP contribution is -2.47. The van der Waals surface area contributed by atoms with Gasteiger partial charge in [0.05, 0.1) is 0 Å². The van der Waals surface area contributed by atoms with E-state index in [1.807, 2.05) is 172 Å². The monoisotopic (exact) mass is 880 g/mol. The lowest BCUT2D eigenvalue weighted by Gasteiger charge is -2.31. The van der Waals surface area contributed by atoms with Crippen LogP contribution in [0.15, 0.2) is 212 Å². The third kappa shape index (κ3) is 11.6. The first-order valence-electron chi connectivity index (χ1n) is 20.9. The lowest BCUT2D eigenvalue weighted by molar-refractivity contribution is -0.193. The van der Waals surface area contributed by atoms with Crippen LogP contribution in [0.1, 0.15) is 56.8 Å². The third-order valence-electron chi connectivity index (χ3n) is 10.3. The molecule has 326 valence electrons. The zero-order valence-corrected chi connectivity index (χ0v) is 37.0. The Morgan fingerprint density at radius 1 is 0.477 bits per heavy atom. The molecule has 0 aromatic heterocycles. The number of hydrogen-bond donors (Lipinski definition) is 2. The van der Waals surface area contributed by atoms with Crippen LogP contribution in [0.4, 0.5) is 0 Å². The Kier molecular flexibility index (Phi) is 16.4. The van der Waals surface area contributed by atoms with E-state index in [4.69, 9.17) is 9.47 Å². The molecule has 7 rings (SSSR count). The maximum Gasteiger partial charge on any atom is 0.375 e. The zero-order valence-electron chi connectivity index (χ0n) is 36.1. The fraction of sp³-hybridized carbons (Fsp3) is 0.0893. The van der Waals surface area contributed by atoms with Crippen molar-refractivity contribution < 1.29 is 38.9 Å².